The number of carbonyl (C=O) groups excluding carboxylic acids is 1. The Balaban J connectivity index is 2.00. The normalized spacial score (nSPS) is 14.0. The van der Waals surface area contributed by atoms with Crippen LogP contribution in [0.1, 0.15) is 59.9 Å². The number of amides is 1. The van der Waals surface area contributed by atoms with E-state index in [4.69, 9.17) is 0 Å². The fourth-order valence-corrected chi connectivity index (χ4v) is 5.51. The van der Waals surface area contributed by atoms with Crippen LogP contribution in [0.4, 0.5) is 5.69 Å². The van der Waals surface area contributed by atoms with Gasteiger partial charge < -0.3 is 10.2 Å². The molecule has 0 heterocycles. The molecule has 1 saturated carbocycles. The predicted molar refractivity (Wildman–Crippen MR) is 142 cm³/mol. The number of carbonyl (C=O) groups is 1. The van der Waals surface area contributed by atoms with Gasteiger partial charge in [0.25, 0.3) is 5.91 Å². The van der Waals surface area contributed by atoms with Crippen LogP contribution in [-0.4, -0.2) is 30.9 Å². The maximum Gasteiger partial charge on any atom is 0.290 e. The van der Waals surface area contributed by atoms with E-state index in [1.54, 1.807) is 0 Å². The van der Waals surface area contributed by atoms with Crippen LogP contribution in [-0.2, 0) is 17.6 Å². The highest BCUT2D eigenvalue weighted by Crippen LogP contribution is 2.39. The first-order chi connectivity index (χ1) is 16.4. The molecule has 1 fully saturated rings. The zero-order valence-electron chi connectivity index (χ0n) is 21.2. The lowest BCUT2D eigenvalue weighted by Gasteiger charge is -2.30. The van der Waals surface area contributed by atoms with Crippen molar-refractivity contribution in [2.45, 2.75) is 65.7 Å². The summed E-state index contributed by atoms with van der Waals surface area (Å²) in [5, 5.41) is 6.06. The Morgan fingerprint density at radius 1 is 1.09 bits per heavy atom. The van der Waals surface area contributed by atoms with E-state index in [0.717, 1.165) is 58.9 Å². The molecule has 1 aliphatic carbocycles. The van der Waals surface area contributed by atoms with E-state index in [9.17, 15) is 9.70 Å². The first kappa shape index (κ1) is 25.7. The standard InChI is InChI=1S/C29H39N3O2/c1-6-32(19-23-10-8-7-9-11-23)17-16-25-21(3)28(24-14-12-20(2)13-15-24)26(18-27(33)31-34)22(4)29(25)30-5/h6,12-15,23,30H,1,7-11,16-19H2,2-5H3. The third-order valence-electron chi connectivity index (χ3n) is 7.40. The van der Waals surface area contributed by atoms with Crippen molar-refractivity contribution < 1.29 is 4.79 Å². The molecule has 2 aromatic carbocycles. The quantitative estimate of drug-likeness (QED) is 0.399. The number of rotatable bonds is 10. The molecule has 3 rings (SSSR count). The number of aryl methyl sites for hydroxylation is 1. The van der Waals surface area contributed by atoms with Crippen LogP contribution < -0.4 is 5.32 Å². The van der Waals surface area contributed by atoms with Crippen molar-refractivity contribution in [3.05, 3.63) is 69.8 Å². The summed E-state index contributed by atoms with van der Waals surface area (Å²) in [5.74, 6) is 0.113. The van der Waals surface area contributed by atoms with Crippen LogP contribution in [0.25, 0.3) is 11.1 Å². The van der Waals surface area contributed by atoms with E-state index in [2.05, 4.69) is 60.1 Å². The molecule has 0 atom stereocenters. The number of anilines is 1. The summed E-state index contributed by atoms with van der Waals surface area (Å²) < 4.78 is 0. The van der Waals surface area contributed by atoms with Gasteiger partial charge >= 0.3 is 0 Å². The summed E-state index contributed by atoms with van der Waals surface area (Å²) in [6.07, 6.45) is 9.55. The van der Waals surface area contributed by atoms with Crippen LogP contribution in [0.2, 0.25) is 0 Å². The fraction of sp³-hybridized carbons (Fsp3) is 0.483. The highest BCUT2D eigenvalue weighted by atomic mass is 16.3. The van der Waals surface area contributed by atoms with Gasteiger partial charge in [0.1, 0.15) is 0 Å². The Kier molecular flexibility index (Phi) is 9.03. The second-order valence-corrected chi connectivity index (χ2v) is 9.67. The van der Waals surface area contributed by atoms with Gasteiger partial charge in [-0.15, -0.1) is 4.91 Å². The van der Waals surface area contributed by atoms with Crippen molar-refractivity contribution in [2.24, 2.45) is 11.1 Å². The number of hydrogen-bond donors (Lipinski definition) is 1. The minimum atomic E-state index is -0.643. The Morgan fingerprint density at radius 3 is 2.35 bits per heavy atom. The number of hydrogen-bond acceptors (Lipinski definition) is 4. The van der Waals surface area contributed by atoms with Crippen LogP contribution in [0.15, 0.2) is 42.2 Å². The van der Waals surface area contributed by atoms with Crippen LogP contribution in [0.5, 0.6) is 0 Å². The molecule has 1 N–H and O–H groups in total. The zero-order valence-corrected chi connectivity index (χ0v) is 21.2. The van der Waals surface area contributed by atoms with E-state index in [1.807, 2.05) is 20.2 Å². The van der Waals surface area contributed by atoms with E-state index in [-0.39, 0.29) is 6.42 Å². The molecule has 0 bridgehead atoms. The lowest BCUT2D eigenvalue weighted by molar-refractivity contribution is -0.117. The molecule has 0 radical (unpaired) electrons. The average Bonchev–Trinajstić information content (AvgIpc) is 2.85. The van der Waals surface area contributed by atoms with Gasteiger partial charge in [-0.1, -0.05) is 55.7 Å². The smallest absolute Gasteiger partial charge is 0.290 e. The van der Waals surface area contributed by atoms with Gasteiger partial charge in [0.15, 0.2) is 0 Å². The van der Waals surface area contributed by atoms with Crippen LogP contribution >= 0.6 is 0 Å². The molecule has 34 heavy (non-hydrogen) atoms. The molecule has 0 unspecified atom stereocenters. The topological polar surface area (TPSA) is 61.8 Å². The molecule has 0 aliphatic heterocycles. The van der Waals surface area contributed by atoms with Crippen LogP contribution in [0.3, 0.4) is 0 Å². The number of benzene rings is 2. The average molecular weight is 462 g/mol. The van der Waals surface area contributed by atoms with Gasteiger partial charge in [-0.05, 0) is 85.5 Å². The van der Waals surface area contributed by atoms with E-state index in [1.165, 1.54) is 43.2 Å². The first-order valence-corrected chi connectivity index (χ1v) is 12.5. The minimum Gasteiger partial charge on any atom is -0.388 e. The van der Waals surface area contributed by atoms with Crippen molar-refractivity contribution >= 4 is 11.6 Å². The minimum absolute atomic E-state index is 0.00874. The van der Waals surface area contributed by atoms with Crippen molar-refractivity contribution in [3.63, 3.8) is 0 Å². The maximum absolute atomic E-state index is 12.1. The van der Waals surface area contributed by atoms with E-state index in [0.29, 0.717) is 0 Å². The number of nitrogens with one attached hydrogen (secondary N) is 1. The molecule has 0 aromatic heterocycles. The molecule has 0 saturated heterocycles. The Morgan fingerprint density at radius 2 is 1.76 bits per heavy atom. The van der Waals surface area contributed by atoms with E-state index < -0.39 is 5.91 Å². The summed E-state index contributed by atoms with van der Waals surface area (Å²) in [7, 11) is 1.92. The molecule has 182 valence electrons. The van der Waals surface area contributed by atoms with Crippen molar-refractivity contribution in [3.8, 4) is 11.1 Å². The second-order valence-electron chi connectivity index (χ2n) is 9.67. The summed E-state index contributed by atoms with van der Waals surface area (Å²) in [5.41, 5.74) is 8.61. The van der Waals surface area contributed by atoms with Gasteiger partial charge in [-0.3, -0.25) is 4.79 Å². The Labute approximate surface area is 204 Å². The van der Waals surface area contributed by atoms with E-state index >= 15 is 0 Å². The molecular weight excluding hydrogens is 422 g/mol. The third-order valence-corrected chi connectivity index (χ3v) is 7.40. The highest BCUT2D eigenvalue weighted by molar-refractivity contribution is 5.87. The molecule has 0 spiro atoms. The fourth-order valence-electron chi connectivity index (χ4n) is 5.51. The third kappa shape index (κ3) is 5.94. The van der Waals surface area contributed by atoms with Gasteiger partial charge in [-0.25, -0.2) is 0 Å². The Bertz CT molecular complexity index is 1020. The zero-order chi connectivity index (χ0) is 24.7. The predicted octanol–water partition coefficient (Wildman–Crippen LogP) is 6.72. The maximum atomic E-state index is 12.1. The monoisotopic (exact) mass is 461 g/mol. The number of nitroso groups, excluding NO2 is 1. The molecule has 5 nitrogen and oxygen atoms in total. The van der Waals surface area contributed by atoms with Gasteiger partial charge in [0.05, 0.1) is 6.42 Å². The molecular formula is C29H39N3O2. The van der Waals surface area contributed by atoms with Crippen molar-refractivity contribution in [1.29, 1.82) is 0 Å². The molecule has 2 aromatic rings. The lowest BCUT2D eigenvalue weighted by Crippen LogP contribution is -2.28. The van der Waals surface area contributed by atoms with Gasteiger partial charge in [0.2, 0.25) is 0 Å². The second kappa shape index (κ2) is 12.0. The highest BCUT2D eigenvalue weighted by Gasteiger charge is 2.23. The first-order valence-electron chi connectivity index (χ1n) is 12.5. The largest absolute Gasteiger partial charge is 0.388 e. The molecule has 1 amide bonds. The van der Waals surface area contributed by atoms with Gasteiger partial charge in [-0.2, -0.15) is 0 Å². The van der Waals surface area contributed by atoms with Crippen molar-refractivity contribution in [2.75, 3.05) is 25.5 Å². The van der Waals surface area contributed by atoms with Crippen LogP contribution in [0, 0.1) is 31.6 Å². The molecule has 1 aliphatic rings. The molecule has 5 heteroatoms. The lowest BCUT2D eigenvalue weighted by atomic mass is 9.84. The SMILES string of the molecule is C=CN(CCc1c(C)c(-c2ccc(C)cc2)c(CC(=O)N=O)c(C)c1NC)CC1CCCCC1. The summed E-state index contributed by atoms with van der Waals surface area (Å²) in [6.45, 7) is 12.3. The number of nitrogens with zero attached hydrogens (tertiary/aromatic N) is 2. The summed E-state index contributed by atoms with van der Waals surface area (Å²) in [6, 6.07) is 8.37. The van der Waals surface area contributed by atoms with Gasteiger partial charge in [0, 0.05) is 31.0 Å². The summed E-state index contributed by atoms with van der Waals surface area (Å²) >= 11 is 0. The Hall–Kier alpha value is -2.95. The summed E-state index contributed by atoms with van der Waals surface area (Å²) in [4.78, 5) is 25.4. The van der Waals surface area contributed by atoms with Crippen molar-refractivity contribution in [1.82, 2.24) is 4.90 Å².